The highest BCUT2D eigenvalue weighted by atomic mass is 16.2. The Labute approximate surface area is 136 Å². The summed E-state index contributed by atoms with van der Waals surface area (Å²) in [5, 5.41) is 2.97. The molecule has 4 heteroatoms. The number of rotatable bonds is 4. The zero-order valence-corrected chi connectivity index (χ0v) is 13.2. The number of nitrogens with zero attached hydrogens (tertiary/aromatic N) is 1. The van der Waals surface area contributed by atoms with Crippen LogP contribution in [0.25, 0.3) is 0 Å². The minimum Gasteiger partial charge on any atom is -0.351 e. The summed E-state index contributed by atoms with van der Waals surface area (Å²) in [6, 6.07) is 17.4. The molecule has 4 nitrogen and oxygen atoms in total. The van der Waals surface area contributed by atoms with Crippen molar-refractivity contribution in [3.63, 3.8) is 0 Å². The molecular weight excluding hydrogens is 288 g/mol. The van der Waals surface area contributed by atoms with Crippen LogP contribution < -0.4 is 10.2 Å². The van der Waals surface area contributed by atoms with Gasteiger partial charge in [-0.3, -0.25) is 9.59 Å². The quantitative estimate of drug-likeness (QED) is 0.943. The Hall–Kier alpha value is -2.62. The van der Waals surface area contributed by atoms with Crippen LogP contribution in [0.5, 0.6) is 0 Å². The highest BCUT2D eigenvalue weighted by molar-refractivity contribution is 5.96. The van der Waals surface area contributed by atoms with Crippen molar-refractivity contribution in [2.45, 2.75) is 25.8 Å². The standard InChI is InChI=1S/C19H20N2O2/c1-14-7-9-17(10-8-14)21-13-16(12-19(21)23)20-18(22)11-15-5-3-2-4-6-15/h2-10,16H,11-13H2,1H3,(H,20,22). The van der Waals surface area contributed by atoms with E-state index in [-0.39, 0.29) is 17.9 Å². The third-order valence-electron chi connectivity index (χ3n) is 4.04. The lowest BCUT2D eigenvalue weighted by Crippen LogP contribution is -2.38. The van der Waals surface area contributed by atoms with Crippen LogP contribution in [0, 0.1) is 6.92 Å². The van der Waals surface area contributed by atoms with Crippen LogP contribution in [0.1, 0.15) is 17.5 Å². The number of aryl methyl sites for hydroxylation is 1. The van der Waals surface area contributed by atoms with E-state index in [4.69, 9.17) is 0 Å². The first-order valence-corrected chi connectivity index (χ1v) is 7.82. The second-order valence-corrected chi connectivity index (χ2v) is 5.97. The van der Waals surface area contributed by atoms with Crippen LogP contribution in [-0.2, 0) is 16.0 Å². The Morgan fingerprint density at radius 3 is 2.52 bits per heavy atom. The molecule has 3 rings (SSSR count). The predicted octanol–water partition coefficient (Wildman–Crippen LogP) is 2.46. The number of hydrogen-bond acceptors (Lipinski definition) is 2. The molecule has 1 heterocycles. The van der Waals surface area contributed by atoms with E-state index in [9.17, 15) is 9.59 Å². The predicted molar refractivity (Wildman–Crippen MR) is 90.2 cm³/mol. The van der Waals surface area contributed by atoms with Gasteiger partial charge >= 0.3 is 0 Å². The smallest absolute Gasteiger partial charge is 0.229 e. The molecule has 118 valence electrons. The van der Waals surface area contributed by atoms with Crippen LogP contribution in [0.4, 0.5) is 5.69 Å². The Morgan fingerprint density at radius 1 is 1.13 bits per heavy atom. The third-order valence-corrected chi connectivity index (χ3v) is 4.04. The van der Waals surface area contributed by atoms with Crippen LogP contribution in [-0.4, -0.2) is 24.4 Å². The molecule has 1 aliphatic heterocycles. The number of carbonyl (C=O) groups excluding carboxylic acids is 2. The van der Waals surface area contributed by atoms with Gasteiger partial charge < -0.3 is 10.2 Å². The number of anilines is 1. The van der Waals surface area contributed by atoms with Gasteiger partial charge in [0.05, 0.1) is 12.5 Å². The molecule has 0 spiro atoms. The van der Waals surface area contributed by atoms with E-state index in [0.717, 1.165) is 16.8 Å². The van der Waals surface area contributed by atoms with Gasteiger partial charge in [-0.05, 0) is 24.6 Å². The maximum Gasteiger partial charge on any atom is 0.229 e. The summed E-state index contributed by atoms with van der Waals surface area (Å²) >= 11 is 0. The molecular formula is C19H20N2O2. The molecule has 0 aliphatic carbocycles. The van der Waals surface area contributed by atoms with Crippen LogP contribution in [0.3, 0.4) is 0 Å². The second-order valence-electron chi connectivity index (χ2n) is 5.97. The lowest BCUT2D eigenvalue weighted by molar-refractivity contribution is -0.121. The van der Waals surface area contributed by atoms with E-state index in [0.29, 0.717) is 19.4 Å². The summed E-state index contributed by atoms with van der Waals surface area (Å²) in [7, 11) is 0. The van der Waals surface area contributed by atoms with Gasteiger partial charge in [0.15, 0.2) is 0 Å². The largest absolute Gasteiger partial charge is 0.351 e. The van der Waals surface area contributed by atoms with Gasteiger partial charge in [-0.1, -0.05) is 48.0 Å². The van der Waals surface area contributed by atoms with Gasteiger partial charge in [0.25, 0.3) is 0 Å². The summed E-state index contributed by atoms with van der Waals surface area (Å²) in [6.07, 6.45) is 0.699. The fourth-order valence-electron chi connectivity index (χ4n) is 2.84. The van der Waals surface area contributed by atoms with Crippen molar-refractivity contribution >= 4 is 17.5 Å². The summed E-state index contributed by atoms with van der Waals surface area (Å²) in [5.74, 6) is 0.0126. The Balaban J connectivity index is 1.59. The van der Waals surface area contributed by atoms with E-state index < -0.39 is 0 Å². The fraction of sp³-hybridized carbons (Fsp3) is 0.263. The molecule has 1 saturated heterocycles. The average Bonchev–Trinajstić information content (AvgIpc) is 2.89. The molecule has 23 heavy (non-hydrogen) atoms. The van der Waals surface area contributed by atoms with Gasteiger partial charge in [-0.25, -0.2) is 0 Å². The van der Waals surface area contributed by atoms with Crippen LogP contribution in [0.2, 0.25) is 0 Å². The zero-order chi connectivity index (χ0) is 16.2. The first-order valence-electron chi connectivity index (χ1n) is 7.82. The molecule has 2 aromatic rings. The number of benzene rings is 2. The van der Waals surface area contributed by atoms with E-state index >= 15 is 0 Å². The Kier molecular flexibility index (Phi) is 4.42. The van der Waals surface area contributed by atoms with Gasteiger partial charge in [-0.15, -0.1) is 0 Å². The van der Waals surface area contributed by atoms with Gasteiger partial charge in [-0.2, -0.15) is 0 Å². The molecule has 0 saturated carbocycles. The molecule has 1 N–H and O–H groups in total. The summed E-state index contributed by atoms with van der Waals surface area (Å²) in [4.78, 5) is 26.0. The van der Waals surface area contributed by atoms with Gasteiger partial charge in [0, 0.05) is 18.7 Å². The van der Waals surface area contributed by atoms with Crippen molar-refractivity contribution in [2.75, 3.05) is 11.4 Å². The molecule has 0 bridgehead atoms. The minimum absolute atomic E-state index is 0.0419. The molecule has 2 aromatic carbocycles. The molecule has 1 unspecified atom stereocenters. The molecule has 1 aliphatic rings. The van der Waals surface area contributed by atoms with Crippen molar-refractivity contribution in [1.29, 1.82) is 0 Å². The summed E-state index contributed by atoms with van der Waals surface area (Å²) in [5.41, 5.74) is 3.03. The lowest BCUT2D eigenvalue weighted by atomic mass is 10.1. The zero-order valence-electron chi connectivity index (χ0n) is 13.2. The first kappa shape index (κ1) is 15.3. The monoisotopic (exact) mass is 308 g/mol. The minimum atomic E-state index is -0.125. The maximum absolute atomic E-state index is 12.2. The molecule has 0 radical (unpaired) electrons. The van der Waals surface area contributed by atoms with Crippen molar-refractivity contribution in [3.05, 3.63) is 65.7 Å². The van der Waals surface area contributed by atoms with Crippen molar-refractivity contribution in [1.82, 2.24) is 5.32 Å². The normalized spacial score (nSPS) is 17.3. The second kappa shape index (κ2) is 6.65. The summed E-state index contributed by atoms with van der Waals surface area (Å²) in [6.45, 7) is 2.55. The van der Waals surface area contributed by atoms with Crippen molar-refractivity contribution in [2.24, 2.45) is 0 Å². The fourth-order valence-corrected chi connectivity index (χ4v) is 2.84. The number of carbonyl (C=O) groups is 2. The van der Waals surface area contributed by atoms with E-state index in [1.165, 1.54) is 0 Å². The number of nitrogens with one attached hydrogen (secondary N) is 1. The number of hydrogen-bond donors (Lipinski definition) is 1. The lowest BCUT2D eigenvalue weighted by Gasteiger charge is -2.17. The Morgan fingerprint density at radius 2 is 1.83 bits per heavy atom. The third kappa shape index (κ3) is 3.77. The number of amides is 2. The highest BCUT2D eigenvalue weighted by Crippen LogP contribution is 2.22. The van der Waals surface area contributed by atoms with Crippen LogP contribution >= 0.6 is 0 Å². The Bertz CT molecular complexity index is 695. The average molecular weight is 308 g/mol. The SMILES string of the molecule is Cc1ccc(N2CC(NC(=O)Cc3ccccc3)CC2=O)cc1. The maximum atomic E-state index is 12.2. The van der Waals surface area contributed by atoms with E-state index in [1.54, 1.807) is 4.90 Å². The molecule has 1 atom stereocenters. The van der Waals surface area contributed by atoms with E-state index in [2.05, 4.69) is 5.32 Å². The topological polar surface area (TPSA) is 49.4 Å². The van der Waals surface area contributed by atoms with Gasteiger partial charge in [0.2, 0.25) is 11.8 Å². The molecule has 1 fully saturated rings. The van der Waals surface area contributed by atoms with Crippen molar-refractivity contribution < 1.29 is 9.59 Å². The van der Waals surface area contributed by atoms with Crippen molar-refractivity contribution in [3.8, 4) is 0 Å². The van der Waals surface area contributed by atoms with E-state index in [1.807, 2.05) is 61.5 Å². The molecule has 0 aromatic heterocycles. The molecule has 2 amide bonds. The summed E-state index contributed by atoms with van der Waals surface area (Å²) < 4.78 is 0. The first-order chi connectivity index (χ1) is 11.1. The van der Waals surface area contributed by atoms with Crippen LogP contribution in [0.15, 0.2) is 54.6 Å². The van der Waals surface area contributed by atoms with Gasteiger partial charge in [0.1, 0.15) is 0 Å². The highest BCUT2D eigenvalue weighted by Gasteiger charge is 2.31.